The van der Waals surface area contributed by atoms with E-state index in [-0.39, 0.29) is 5.91 Å². The third-order valence-corrected chi connectivity index (χ3v) is 5.94. The Balaban J connectivity index is 1.39. The number of fused-ring (bicyclic) bond motifs is 1. The molecule has 1 amide bonds. The number of nitrogens with one attached hydrogen (secondary N) is 2. The van der Waals surface area contributed by atoms with Crippen molar-refractivity contribution in [1.29, 1.82) is 0 Å². The van der Waals surface area contributed by atoms with Crippen LogP contribution in [0, 0.1) is 6.92 Å². The number of amides is 1. The summed E-state index contributed by atoms with van der Waals surface area (Å²) in [6.07, 6.45) is 3.40. The van der Waals surface area contributed by atoms with Gasteiger partial charge in [-0.3, -0.25) is 4.79 Å². The highest BCUT2D eigenvalue weighted by atomic mass is 16.5. The maximum absolute atomic E-state index is 12.7. The molecule has 2 aromatic heterocycles. The standard InChI is InChI=1S/C23H28N6O2/c1-16-15-19-20(24-16)26-23(29-11-13-31-14-12-29)27-21(19)25-18-7-5-17(6-8-18)22(30)28-9-3-2-4-10-28/h5-8,15H,2-4,9-14H2,1H3,(H2,24,25,26,27). The predicted octanol–water partition coefficient (Wildman–Crippen LogP) is 3.47. The lowest BCUT2D eigenvalue weighted by atomic mass is 10.1. The molecule has 0 saturated carbocycles. The van der Waals surface area contributed by atoms with Crippen LogP contribution in [0.3, 0.4) is 0 Å². The van der Waals surface area contributed by atoms with Crippen LogP contribution in [-0.2, 0) is 4.74 Å². The molecule has 0 atom stereocenters. The molecule has 5 rings (SSSR count). The summed E-state index contributed by atoms with van der Waals surface area (Å²) >= 11 is 0. The summed E-state index contributed by atoms with van der Waals surface area (Å²) in [5, 5.41) is 4.38. The normalized spacial score (nSPS) is 17.2. The fourth-order valence-corrected chi connectivity index (χ4v) is 4.24. The van der Waals surface area contributed by atoms with Crippen LogP contribution in [-0.4, -0.2) is 65.2 Å². The van der Waals surface area contributed by atoms with Crippen molar-refractivity contribution in [3.8, 4) is 0 Å². The van der Waals surface area contributed by atoms with Gasteiger partial charge in [-0.2, -0.15) is 9.97 Å². The Hall–Kier alpha value is -3.13. The quantitative estimate of drug-likeness (QED) is 0.672. The number of aryl methyl sites for hydroxylation is 1. The molecule has 1 aromatic carbocycles. The number of carbonyl (C=O) groups excluding carboxylic acids is 1. The largest absolute Gasteiger partial charge is 0.378 e. The molecule has 162 valence electrons. The molecule has 0 spiro atoms. The van der Waals surface area contributed by atoms with Crippen molar-refractivity contribution < 1.29 is 9.53 Å². The van der Waals surface area contributed by atoms with E-state index in [2.05, 4.69) is 21.3 Å². The van der Waals surface area contributed by atoms with Gasteiger partial charge in [0.2, 0.25) is 5.95 Å². The second-order valence-corrected chi connectivity index (χ2v) is 8.24. The number of nitrogens with zero attached hydrogens (tertiary/aromatic N) is 4. The molecular formula is C23H28N6O2. The highest BCUT2D eigenvalue weighted by molar-refractivity contribution is 5.95. The molecule has 8 nitrogen and oxygen atoms in total. The Morgan fingerprint density at radius 2 is 1.77 bits per heavy atom. The van der Waals surface area contributed by atoms with Gasteiger partial charge in [0.1, 0.15) is 11.5 Å². The number of aromatic nitrogens is 3. The van der Waals surface area contributed by atoms with Gasteiger partial charge in [-0.25, -0.2) is 0 Å². The summed E-state index contributed by atoms with van der Waals surface area (Å²) in [4.78, 5) is 29.7. The molecule has 8 heteroatoms. The van der Waals surface area contributed by atoms with E-state index >= 15 is 0 Å². The van der Waals surface area contributed by atoms with Gasteiger partial charge < -0.3 is 24.8 Å². The van der Waals surface area contributed by atoms with E-state index < -0.39 is 0 Å². The van der Waals surface area contributed by atoms with Gasteiger partial charge in [-0.1, -0.05) is 0 Å². The first-order valence-electron chi connectivity index (χ1n) is 11.0. The minimum Gasteiger partial charge on any atom is -0.378 e. The van der Waals surface area contributed by atoms with Crippen LogP contribution in [0.2, 0.25) is 0 Å². The van der Waals surface area contributed by atoms with Crippen LogP contribution < -0.4 is 10.2 Å². The fourth-order valence-electron chi connectivity index (χ4n) is 4.24. The molecular weight excluding hydrogens is 392 g/mol. The van der Waals surface area contributed by atoms with E-state index in [1.54, 1.807) is 0 Å². The maximum Gasteiger partial charge on any atom is 0.253 e. The number of hydrogen-bond acceptors (Lipinski definition) is 6. The minimum atomic E-state index is 0.117. The number of rotatable bonds is 4. The highest BCUT2D eigenvalue weighted by Gasteiger charge is 2.19. The molecule has 0 aliphatic carbocycles. The van der Waals surface area contributed by atoms with E-state index in [9.17, 15) is 4.79 Å². The molecule has 3 aromatic rings. The summed E-state index contributed by atoms with van der Waals surface area (Å²) in [6.45, 7) is 6.64. The molecule has 0 bridgehead atoms. The van der Waals surface area contributed by atoms with Crippen molar-refractivity contribution in [3.63, 3.8) is 0 Å². The summed E-state index contributed by atoms with van der Waals surface area (Å²) < 4.78 is 5.46. The smallest absolute Gasteiger partial charge is 0.253 e. The number of anilines is 3. The van der Waals surface area contributed by atoms with Crippen LogP contribution in [0.4, 0.5) is 17.5 Å². The van der Waals surface area contributed by atoms with Gasteiger partial charge >= 0.3 is 0 Å². The SMILES string of the molecule is Cc1cc2c(Nc3ccc(C(=O)N4CCCCC4)cc3)nc(N3CCOCC3)nc2[nH]1. The summed E-state index contributed by atoms with van der Waals surface area (Å²) in [5.41, 5.74) is 3.47. The summed E-state index contributed by atoms with van der Waals surface area (Å²) in [7, 11) is 0. The Labute approximate surface area is 181 Å². The minimum absolute atomic E-state index is 0.117. The fraction of sp³-hybridized carbons (Fsp3) is 0.435. The monoisotopic (exact) mass is 420 g/mol. The van der Waals surface area contributed by atoms with E-state index in [1.807, 2.05) is 36.1 Å². The van der Waals surface area contributed by atoms with Crippen molar-refractivity contribution in [2.45, 2.75) is 26.2 Å². The lowest BCUT2D eigenvalue weighted by Gasteiger charge is -2.27. The van der Waals surface area contributed by atoms with Crippen LogP contribution in [0.5, 0.6) is 0 Å². The third kappa shape index (κ3) is 4.20. The zero-order valence-corrected chi connectivity index (χ0v) is 17.9. The van der Waals surface area contributed by atoms with E-state index in [0.29, 0.717) is 19.2 Å². The van der Waals surface area contributed by atoms with Gasteiger partial charge in [-0.15, -0.1) is 0 Å². The third-order valence-electron chi connectivity index (χ3n) is 5.94. The molecule has 4 heterocycles. The van der Waals surface area contributed by atoms with Crippen molar-refractivity contribution >= 4 is 34.4 Å². The summed E-state index contributed by atoms with van der Waals surface area (Å²) in [5.74, 6) is 1.56. The Bertz CT molecular complexity index is 1070. The number of aromatic amines is 1. The number of carbonyl (C=O) groups is 1. The first kappa shape index (κ1) is 19.8. The average Bonchev–Trinajstić information content (AvgIpc) is 3.21. The molecule has 2 fully saturated rings. The number of hydrogen-bond donors (Lipinski definition) is 2. The lowest BCUT2D eigenvalue weighted by molar-refractivity contribution is 0.0724. The van der Waals surface area contributed by atoms with Crippen molar-refractivity contribution in [1.82, 2.24) is 19.9 Å². The molecule has 0 radical (unpaired) electrons. The van der Waals surface area contributed by atoms with E-state index in [0.717, 1.165) is 72.8 Å². The Morgan fingerprint density at radius 3 is 2.52 bits per heavy atom. The lowest BCUT2D eigenvalue weighted by Crippen LogP contribution is -2.37. The molecule has 2 aliphatic heterocycles. The molecule has 0 unspecified atom stereocenters. The number of piperidine rings is 1. The first-order valence-corrected chi connectivity index (χ1v) is 11.0. The zero-order valence-electron chi connectivity index (χ0n) is 17.9. The summed E-state index contributed by atoms with van der Waals surface area (Å²) in [6, 6.07) is 9.72. The zero-order chi connectivity index (χ0) is 21.2. The molecule has 2 saturated heterocycles. The molecule has 2 aliphatic rings. The molecule has 31 heavy (non-hydrogen) atoms. The second-order valence-electron chi connectivity index (χ2n) is 8.24. The van der Waals surface area contributed by atoms with Gasteiger partial charge in [-0.05, 0) is 56.5 Å². The van der Waals surface area contributed by atoms with Crippen LogP contribution in [0.1, 0.15) is 35.3 Å². The van der Waals surface area contributed by atoms with Crippen LogP contribution in [0.25, 0.3) is 11.0 Å². The average molecular weight is 421 g/mol. The van der Waals surface area contributed by atoms with Crippen LogP contribution >= 0.6 is 0 Å². The predicted molar refractivity (Wildman–Crippen MR) is 121 cm³/mol. The number of morpholine rings is 1. The van der Waals surface area contributed by atoms with Crippen molar-refractivity contribution in [2.24, 2.45) is 0 Å². The van der Waals surface area contributed by atoms with Crippen LogP contribution in [0.15, 0.2) is 30.3 Å². The van der Waals surface area contributed by atoms with Crippen molar-refractivity contribution in [3.05, 3.63) is 41.6 Å². The van der Waals surface area contributed by atoms with Crippen molar-refractivity contribution in [2.75, 3.05) is 49.6 Å². The number of likely N-dealkylation sites (tertiary alicyclic amines) is 1. The second kappa shape index (κ2) is 8.55. The number of H-pyrrole nitrogens is 1. The number of benzene rings is 1. The highest BCUT2D eigenvalue weighted by Crippen LogP contribution is 2.28. The van der Waals surface area contributed by atoms with Gasteiger partial charge in [0.15, 0.2) is 0 Å². The van der Waals surface area contributed by atoms with Gasteiger partial charge in [0.25, 0.3) is 5.91 Å². The van der Waals surface area contributed by atoms with Gasteiger partial charge in [0.05, 0.1) is 18.6 Å². The number of ether oxygens (including phenoxy) is 1. The van der Waals surface area contributed by atoms with E-state index in [4.69, 9.17) is 14.7 Å². The van der Waals surface area contributed by atoms with E-state index in [1.165, 1.54) is 6.42 Å². The maximum atomic E-state index is 12.7. The molecule has 2 N–H and O–H groups in total. The van der Waals surface area contributed by atoms with Gasteiger partial charge in [0, 0.05) is 43.1 Å². The Morgan fingerprint density at radius 1 is 1.03 bits per heavy atom. The topological polar surface area (TPSA) is 86.4 Å². The Kier molecular flexibility index (Phi) is 5.46. The first-order chi connectivity index (χ1) is 15.2.